The van der Waals surface area contributed by atoms with E-state index < -0.39 is 0 Å². The SMILES string of the molecule is CCNC(=S)N(C)CC1CCOCC1. The van der Waals surface area contributed by atoms with Gasteiger partial charge in [-0.1, -0.05) is 0 Å². The van der Waals surface area contributed by atoms with E-state index in [0.29, 0.717) is 0 Å². The summed E-state index contributed by atoms with van der Waals surface area (Å²) >= 11 is 5.23. The van der Waals surface area contributed by atoms with Gasteiger partial charge in [-0.3, -0.25) is 0 Å². The molecule has 0 unspecified atom stereocenters. The summed E-state index contributed by atoms with van der Waals surface area (Å²) < 4.78 is 5.32. The first kappa shape index (κ1) is 11.7. The predicted molar refractivity (Wildman–Crippen MR) is 62.4 cm³/mol. The fourth-order valence-corrected chi connectivity index (χ4v) is 1.90. The Morgan fingerprint density at radius 3 is 2.71 bits per heavy atom. The van der Waals surface area contributed by atoms with Crippen molar-refractivity contribution in [1.29, 1.82) is 0 Å². The molecule has 0 spiro atoms. The van der Waals surface area contributed by atoms with Crippen LogP contribution in [-0.4, -0.2) is 43.4 Å². The summed E-state index contributed by atoms with van der Waals surface area (Å²) in [5, 5.41) is 4.02. The van der Waals surface area contributed by atoms with Crippen LogP contribution in [0.3, 0.4) is 0 Å². The van der Waals surface area contributed by atoms with Crippen molar-refractivity contribution in [3.05, 3.63) is 0 Å². The van der Waals surface area contributed by atoms with Crippen LogP contribution in [0, 0.1) is 5.92 Å². The number of hydrogen-bond donors (Lipinski definition) is 1. The number of nitrogens with zero attached hydrogens (tertiary/aromatic N) is 1. The van der Waals surface area contributed by atoms with Crippen molar-refractivity contribution < 1.29 is 4.74 Å². The third-order valence-electron chi connectivity index (χ3n) is 2.55. The second-order valence-corrected chi connectivity index (χ2v) is 4.16. The maximum absolute atomic E-state index is 5.32. The molecule has 3 nitrogen and oxygen atoms in total. The molecule has 0 aromatic heterocycles. The molecule has 0 aliphatic carbocycles. The van der Waals surface area contributed by atoms with E-state index >= 15 is 0 Å². The van der Waals surface area contributed by atoms with Crippen molar-refractivity contribution in [3.8, 4) is 0 Å². The number of hydrogen-bond acceptors (Lipinski definition) is 2. The highest BCUT2D eigenvalue weighted by Crippen LogP contribution is 2.15. The summed E-state index contributed by atoms with van der Waals surface area (Å²) in [4.78, 5) is 2.13. The van der Waals surface area contributed by atoms with Gasteiger partial charge in [-0.05, 0) is 37.9 Å². The maximum Gasteiger partial charge on any atom is 0.168 e. The van der Waals surface area contributed by atoms with Crippen LogP contribution >= 0.6 is 12.2 Å². The molecule has 1 aliphatic rings. The number of rotatable bonds is 3. The highest BCUT2D eigenvalue weighted by molar-refractivity contribution is 7.80. The molecular weight excluding hydrogens is 196 g/mol. The van der Waals surface area contributed by atoms with Crippen molar-refractivity contribution in [2.75, 3.05) is 33.4 Å². The van der Waals surface area contributed by atoms with Crippen LogP contribution in [0.25, 0.3) is 0 Å². The zero-order valence-corrected chi connectivity index (χ0v) is 9.90. The Balaban J connectivity index is 2.24. The van der Waals surface area contributed by atoms with Crippen molar-refractivity contribution in [2.45, 2.75) is 19.8 Å². The van der Waals surface area contributed by atoms with Crippen LogP contribution in [-0.2, 0) is 4.74 Å². The van der Waals surface area contributed by atoms with Crippen LogP contribution in [0.1, 0.15) is 19.8 Å². The molecule has 1 rings (SSSR count). The normalized spacial score (nSPS) is 17.9. The Morgan fingerprint density at radius 1 is 1.50 bits per heavy atom. The first-order chi connectivity index (χ1) is 6.74. The Labute approximate surface area is 91.8 Å². The molecule has 0 amide bonds. The van der Waals surface area contributed by atoms with Gasteiger partial charge in [0.2, 0.25) is 0 Å². The minimum atomic E-state index is 0.741. The molecule has 14 heavy (non-hydrogen) atoms. The highest BCUT2D eigenvalue weighted by atomic mass is 32.1. The molecule has 1 aliphatic heterocycles. The third-order valence-corrected chi connectivity index (χ3v) is 3.00. The summed E-state index contributed by atoms with van der Waals surface area (Å²) in [7, 11) is 2.06. The fraction of sp³-hybridized carbons (Fsp3) is 0.900. The Kier molecular flexibility index (Phi) is 5.19. The van der Waals surface area contributed by atoms with E-state index in [2.05, 4.69) is 24.2 Å². The lowest BCUT2D eigenvalue weighted by atomic mass is 10.0. The van der Waals surface area contributed by atoms with E-state index in [1.165, 1.54) is 12.8 Å². The van der Waals surface area contributed by atoms with Crippen molar-refractivity contribution in [1.82, 2.24) is 10.2 Å². The fourth-order valence-electron chi connectivity index (χ4n) is 1.69. The number of nitrogens with one attached hydrogen (secondary N) is 1. The largest absolute Gasteiger partial charge is 0.381 e. The van der Waals surface area contributed by atoms with Gasteiger partial charge in [0.15, 0.2) is 5.11 Å². The van der Waals surface area contributed by atoms with Gasteiger partial charge in [0.1, 0.15) is 0 Å². The zero-order valence-electron chi connectivity index (χ0n) is 9.08. The average molecular weight is 216 g/mol. The second kappa shape index (κ2) is 6.19. The van der Waals surface area contributed by atoms with Crippen molar-refractivity contribution in [3.63, 3.8) is 0 Å². The minimum Gasteiger partial charge on any atom is -0.381 e. The van der Waals surface area contributed by atoms with Crippen molar-refractivity contribution >= 4 is 17.3 Å². The predicted octanol–water partition coefficient (Wildman–Crippen LogP) is 1.24. The monoisotopic (exact) mass is 216 g/mol. The molecule has 0 aromatic carbocycles. The number of thiocarbonyl (C=S) groups is 1. The van der Waals surface area contributed by atoms with Crippen LogP contribution < -0.4 is 5.32 Å². The first-order valence-corrected chi connectivity index (χ1v) is 5.71. The molecule has 0 bridgehead atoms. The lowest BCUT2D eigenvalue weighted by molar-refractivity contribution is 0.0612. The lowest BCUT2D eigenvalue weighted by Crippen LogP contribution is -2.40. The van der Waals surface area contributed by atoms with Gasteiger partial charge in [-0.2, -0.15) is 0 Å². The second-order valence-electron chi connectivity index (χ2n) is 3.77. The average Bonchev–Trinajstić information content (AvgIpc) is 2.19. The smallest absolute Gasteiger partial charge is 0.168 e. The summed E-state index contributed by atoms with van der Waals surface area (Å²) in [6.07, 6.45) is 2.33. The summed E-state index contributed by atoms with van der Waals surface area (Å²) in [6.45, 7) is 5.83. The van der Waals surface area contributed by atoms with E-state index in [-0.39, 0.29) is 0 Å². The zero-order chi connectivity index (χ0) is 10.4. The molecule has 0 saturated carbocycles. The molecule has 0 radical (unpaired) electrons. The first-order valence-electron chi connectivity index (χ1n) is 5.30. The van der Waals surface area contributed by atoms with Crippen LogP contribution in [0.5, 0.6) is 0 Å². The van der Waals surface area contributed by atoms with Crippen LogP contribution in [0.15, 0.2) is 0 Å². The maximum atomic E-state index is 5.32. The van der Waals surface area contributed by atoms with Gasteiger partial charge in [-0.15, -0.1) is 0 Å². The summed E-state index contributed by atoms with van der Waals surface area (Å²) in [5.74, 6) is 0.741. The van der Waals surface area contributed by atoms with Gasteiger partial charge in [0.25, 0.3) is 0 Å². The topological polar surface area (TPSA) is 24.5 Å². The van der Waals surface area contributed by atoms with Crippen molar-refractivity contribution in [2.24, 2.45) is 5.92 Å². The third kappa shape index (κ3) is 3.80. The molecule has 1 heterocycles. The van der Waals surface area contributed by atoms with Gasteiger partial charge in [0, 0.05) is 33.4 Å². The molecule has 4 heteroatoms. The van der Waals surface area contributed by atoms with E-state index in [1.54, 1.807) is 0 Å². The lowest BCUT2D eigenvalue weighted by Gasteiger charge is -2.28. The molecular formula is C10H20N2OS. The summed E-state index contributed by atoms with van der Waals surface area (Å²) in [5.41, 5.74) is 0. The quantitative estimate of drug-likeness (QED) is 0.717. The van der Waals surface area contributed by atoms with E-state index in [1.807, 2.05) is 0 Å². The molecule has 0 atom stereocenters. The van der Waals surface area contributed by atoms with E-state index in [9.17, 15) is 0 Å². The summed E-state index contributed by atoms with van der Waals surface area (Å²) in [6, 6.07) is 0. The standard InChI is InChI=1S/C10H20N2OS/c1-3-11-10(14)12(2)8-9-4-6-13-7-5-9/h9H,3-8H2,1-2H3,(H,11,14). The number of ether oxygens (including phenoxy) is 1. The van der Waals surface area contributed by atoms with Gasteiger partial charge < -0.3 is 15.0 Å². The molecule has 0 aromatic rings. The Morgan fingerprint density at radius 2 is 2.14 bits per heavy atom. The van der Waals surface area contributed by atoms with Crippen LogP contribution in [0.2, 0.25) is 0 Å². The Hall–Kier alpha value is -0.350. The van der Waals surface area contributed by atoms with Gasteiger partial charge in [0.05, 0.1) is 0 Å². The van der Waals surface area contributed by atoms with Gasteiger partial charge in [-0.25, -0.2) is 0 Å². The molecule has 1 saturated heterocycles. The Bertz CT molecular complexity index is 181. The van der Waals surface area contributed by atoms with E-state index in [4.69, 9.17) is 17.0 Å². The minimum absolute atomic E-state index is 0.741. The highest BCUT2D eigenvalue weighted by Gasteiger charge is 2.16. The van der Waals surface area contributed by atoms with Gasteiger partial charge >= 0.3 is 0 Å². The molecule has 82 valence electrons. The van der Waals surface area contributed by atoms with E-state index in [0.717, 1.165) is 37.3 Å². The van der Waals surface area contributed by atoms with Crippen LogP contribution in [0.4, 0.5) is 0 Å². The molecule has 1 fully saturated rings. The molecule has 1 N–H and O–H groups in total.